The lowest BCUT2D eigenvalue weighted by molar-refractivity contribution is -0.274. The molecule has 0 spiro atoms. The van der Waals surface area contributed by atoms with Crippen LogP contribution in [0.2, 0.25) is 0 Å². The monoisotopic (exact) mass is 480 g/mol. The third kappa shape index (κ3) is 4.74. The summed E-state index contributed by atoms with van der Waals surface area (Å²) in [6.45, 7) is 0.0643. The van der Waals surface area contributed by atoms with E-state index >= 15 is 4.39 Å². The Kier molecular flexibility index (Phi) is 6.20. The summed E-state index contributed by atoms with van der Waals surface area (Å²) in [5.74, 6) is 0.0441. The summed E-state index contributed by atoms with van der Waals surface area (Å²) >= 11 is 0. The zero-order chi connectivity index (χ0) is 23.9. The fraction of sp³-hybridized carbons (Fsp3) is 0.520. The van der Waals surface area contributed by atoms with Crippen LogP contribution < -0.4 is 20.1 Å². The van der Waals surface area contributed by atoms with E-state index < -0.39 is 24.1 Å². The highest BCUT2D eigenvalue weighted by molar-refractivity contribution is 5.41. The molecule has 5 unspecified atom stereocenters. The first kappa shape index (κ1) is 23.4. The minimum atomic E-state index is -4.81. The average Bonchev–Trinajstić information content (AvgIpc) is 3.56. The number of halogens is 4. The number of rotatable bonds is 8. The Labute approximate surface area is 195 Å². The van der Waals surface area contributed by atoms with Gasteiger partial charge in [-0.3, -0.25) is 0 Å². The largest absolute Gasteiger partial charge is 0.573 e. The molecule has 2 aromatic carbocycles. The quantitative estimate of drug-likeness (QED) is 0.495. The van der Waals surface area contributed by atoms with Crippen molar-refractivity contribution in [2.45, 2.75) is 68.5 Å². The van der Waals surface area contributed by atoms with Crippen LogP contribution in [-0.2, 0) is 12.1 Å². The van der Waals surface area contributed by atoms with Crippen molar-refractivity contribution in [3.05, 3.63) is 59.7 Å². The first-order valence-corrected chi connectivity index (χ1v) is 11.6. The molecule has 2 heterocycles. The van der Waals surface area contributed by atoms with Gasteiger partial charge in [0.2, 0.25) is 0 Å². The maximum absolute atomic E-state index is 15.6. The van der Waals surface area contributed by atoms with Crippen LogP contribution in [0.3, 0.4) is 0 Å². The Morgan fingerprint density at radius 1 is 1.12 bits per heavy atom. The van der Waals surface area contributed by atoms with Crippen LogP contribution in [0.4, 0.5) is 17.6 Å². The molecule has 2 saturated heterocycles. The standard InChI is InChI=1S/C25H28F4N2O3/c26-20-11-21-16(14-32)12-24(31-21,17-4-2-1-3-5-17)23(20)30-13-15-10-19(34-25(27,28)29)8-9-22(15)33-18-6-7-18/h1-5,8-10,16,18,20-21,23,30-32H,6-7,11-14H2. The average molecular weight is 481 g/mol. The smallest absolute Gasteiger partial charge is 0.490 e. The van der Waals surface area contributed by atoms with Gasteiger partial charge < -0.3 is 25.2 Å². The van der Waals surface area contributed by atoms with E-state index in [0.717, 1.165) is 18.4 Å². The van der Waals surface area contributed by atoms with Crippen LogP contribution in [0.1, 0.15) is 36.8 Å². The molecule has 3 aliphatic rings. The van der Waals surface area contributed by atoms with Gasteiger partial charge in [-0.15, -0.1) is 13.2 Å². The van der Waals surface area contributed by atoms with E-state index in [9.17, 15) is 18.3 Å². The van der Waals surface area contributed by atoms with Crippen LogP contribution in [0.15, 0.2) is 48.5 Å². The number of hydrogen-bond acceptors (Lipinski definition) is 5. The van der Waals surface area contributed by atoms with Crippen LogP contribution in [0.5, 0.6) is 11.5 Å². The van der Waals surface area contributed by atoms with Gasteiger partial charge in [-0.1, -0.05) is 30.3 Å². The molecule has 2 aliphatic heterocycles. The number of piperidine rings is 1. The predicted molar refractivity (Wildman–Crippen MR) is 117 cm³/mol. The number of aliphatic hydroxyl groups excluding tert-OH is 1. The van der Waals surface area contributed by atoms with Crippen molar-refractivity contribution in [2.75, 3.05) is 6.61 Å². The first-order valence-electron chi connectivity index (χ1n) is 11.6. The summed E-state index contributed by atoms with van der Waals surface area (Å²) in [5.41, 5.74) is 0.650. The summed E-state index contributed by atoms with van der Waals surface area (Å²) in [7, 11) is 0. The van der Waals surface area contributed by atoms with E-state index in [4.69, 9.17) is 4.74 Å². The van der Waals surface area contributed by atoms with Crippen molar-refractivity contribution in [1.82, 2.24) is 10.6 Å². The Morgan fingerprint density at radius 3 is 2.56 bits per heavy atom. The van der Waals surface area contributed by atoms with Gasteiger partial charge in [-0.25, -0.2) is 4.39 Å². The zero-order valence-corrected chi connectivity index (χ0v) is 18.5. The highest BCUT2D eigenvalue weighted by Gasteiger charge is 2.57. The van der Waals surface area contributed by atoms with E-state index in [0.29, 0.717) is 17.7 Å². The molecule has 34 heavy (non-hydrogen) atoms. The maximum Gasteiger partial charge on any atom is 0.573 e. The molecule has 9 heteroatoms. The number of nitrogens with one attached hydrogen (secondary N) is 2. The van der Waals surface area contributed by atoms with Gasteiger partial charge in [0.05, 0.1) is 17.7 Å². The highest BCUT2D eigenvalue weighted by atomic mass is 19.4. The molecular weight excluding hydrogens is 452 g/mol. The molecule has 0 aromatic heterocycles. The SMILES string of the molecule is OCC1CC2(c3ccccc3)NC1CC(F)C2NCc1cc(OC(F)(F)F)ccc1OC1CC1. The van der Waals surface area contributed by atoms with Gasteiger partial charge in [0.25, 0.3) is 0 Å². The molecule has 5 rings (SSSR count). The van der Waals surface area contributed by atoms with E-state index in [-0.39, 0.29) is 43.4 Å². The fourth-order valence-electron chi connectivity index (χ4n) is 5.42. The molecule has 0 radical (unpaired) electrons. The minimum Gasteiger partial charge on any atom is -0.490 e. The van der Waals surface area contributed by atoms with Crippen molar-refractivity contribution >= 4 is 0 Å². The zero-order valence-electron chi connectivity index (χ0n) is 18.5. The van der Waals surface area contributed by atoms with Gasteiger partial charge in [0, 0.05) is 24.8 Å². The topological polar surface area (TPSA) is 62.8 Å². The number of aliphatic hydroxyl groups is 1. The van der Waals surface area contributed by atoms with Crippen molar-refractivity contribution < 1.29 is 32.1 Å². The molecule has 5 atom stereocenters. The van der Waals surface area contributed by atoms with E-state index in [2.05, 4.69) is 15.4 Å². The summed E-state index contributed by atoms with van der Waals surface area (Å²) < 4.78 is 63.9. The fourth-order valence-corrected chi connectivity index (χ4v) is 5.42. The first-order chi connectivity index (χ1) is 16.3. The van der Waals surface area contributed by atoms with Crippen LogP contribution in [-0.4, -0.2) is 42.4 Å². The molecule has 2 bridgehead atoms. The second kappa shape index (κ2) is 9.02. The van der Waals surface area contributed by atoms with Gasteiger partial charge in [0.1, 0.15) is 17.7 Å². The number of fused-ring (bicyclic) bond motifs is 2. The lowest BCUT2D eigenvalue weighted by Crippen LogP contribution is -2.63. The Hall–Kier alpha value is -2.36. The minimum absolute atomic E-state index is 0.0398. The normalized spacial score (nSPS) is 30.9. The third-order valence-corrected chi connectivity index (χ3v) is 7.09. The van der Waals surface area contributed by atoms with E-state index in [1.165, 1.54) is 18.2 Å². The summed E-state index contributed by atoms with van der Waals surface area (Å²) in [6, 6.07) is 12.8. The number of hydrogen-bond donors (Lipinski definition) is 3. The number of benzene rings is 2. The number of alkyl halides is 4. The van der Waals surface area contributed by atoms with Crippen LogP contribution in [0.25, 0.3) is 0 Å². The highest BCUT2D eigenvalue weighted by Crippen LogP contribution is 2.47. The summed E-state index contributed by atoms with van der Waals surface area (Å²) in [5, 5.41) is 16.8. The molecule has 1 aliphatic carbocycles. The Bertz CT molecular complexity index is 1000. The van der Waals surface area contributed by atoms with E-state index in [1.807, 2.05) is 30.3 Å². The van der Waals surface area contributed by atoms with Crippen molar-refractivity contribution in [2.24, 2.45) is 5.92 Å². The van der Waals surface area contributed by atoms with Gasteiger partial charge in [0.15, 0.2) is 0 Å². The maximum atomic E-state index is 15.6. The molecular formula is C25H28F4N2O3. The van der Waals surface area contributed by atoms with Crippen LogP contribution >= 0.6 is 0 Å². The lowest BCUT2D eigenvalue weighted by atomic mass is 9.77. The molecule has 3 fully saturated rings. The van der Waals surface area contributed by atoms with Gasteiger partial charge >= 0.3 is 6.36 Å². The molecule has 184 valence electrons. The van der Waals surface area contributed by atoms with Gasteiger partial charge in [-0.05, 0) is 55.4 Å². The number of ether oxygens (including phenoxy) is 2. The molecule has 3 N–H and O–H groups in total. The molecule has 2 aromatic rings. The lowest BCUT2D eigenvalue weighted by Gasteiger charge is -2.45. The van der Waals surface area contributed by atoms with Crippen LogP contribution in [0, 0.1) is 5.92 Å². The Balaban J connectivity index is 1.43. The Morgan fingerprint density at radius 2 is 1.88 bits per heavy atom. The molecule has 5 nitrogen and oxygen atoms in total. The van der Waals surface area contributed by atoms with E-state index in [1.54, 1.807) is 0 Å². The third-order valence-electron chi connectivity index (χ3n) is 7.09. The summed E-state index contributed by atoms with van der Waals surface area (Å²) in [6.07, 6.45) is -3.36. The second-order valence-electron chi connectivity index (χ2n) is 9.48. The predicted octanol–water partition coefficient (Wildman–Crippen LogP) is 4.19. The summed E-state index contributed by atoms with van der Waals surface area (Å²) in [4.78, 5) is 0. The van der Waals surface area contributed by atoms with Crippen molar-refractivity contribution in [1.29, 1.82) is 0 Å². The van der Waals surface area contributed by atoms with Crippen molar-refractivity contribution in [3.8, 4) is 11.5 Å². The molecule has 1 saturated carbocycles. The molecule has 0 amide bonds. The van der Waals surface area contributed by atoms with Gasteiger partial charge in [-0.2, -0.15) is 0 Å². The second-order valence-corrected chi connectivity index (χ2v) is 9.48. The van der Waals surface area contributed by atoms with Crippen molar-refractivity contribution in [3.63, 3.8) is 0 Å².